The standard InChI is InChI=1S/C37H50O9/c1-6-7-8-9-10-13-22-21(15-19-42-22)27-33(4)18-14-23-34(5,37(33)28(45-37)29(40)44-27)26(39)24(38)25-32(2,3)46-30-35(16-11-12-17-35)31(41)43-20-36(23,25)30/h15,19,23,25-28,30,39H,6-14,16-18,20H2,1-5H3/t23-,25+,26+,27-,28+,30-,33-,34-,36+,37+/m0/s1. The number of ketones is 1. The molecule has 7 fully saturated rings. The average molecular weight is 639 g/mol. The molecule has 9 nitrogen and oxygen atoms in total. The van der Waals surface area contributed by atoms with Crippen LogP contribution in [0.4, 0.5) is 0 Å². The van der Waals surface area contributed by atoms with Gasteiger partial charge in [-0.15, -0.1) is 0 Å². The van der Waals surface area contributed by atoms with Crippen LogP contribution in [0.3, 0.4) is 0 Å². The number of fused-ring (bicyclic) bond motifs is 2. The Morgan fingerprint density at radius 3 is 2.41 bits per heavy atom. The van der Waals surface area contributed by atoms with Crippen LogP contribution in [0.5, 0.6) is 0 Å². The molecule has 1 aromatic rings. The molecular formula is C37H50O9. The Morgan fingerprint density at radius 1 is 0.935 bits per heavy atom. The second-order valence-electron chi connectivity index (χ2n) is 16.7. The number of epoxide rings is 1. The second kappa shape index (κ2) is 9.91. The average Bonchev–Trinajstić information content (AvgIpc) is 3.27. The number of aryl methyl sites for hydroxylation is 1. The number of hydrogen-bond acceptors (Lipinski definition) is 9. The van der Waals surface area contributed by atoms with Crippen LogP contribution in [0.2, 0.25) is 0 Å². The molecule has 0 unspecified atom stereocenters. The van der Waals surface area contributed by atoms with Gasteiger partial charge in [0.05, 0.1) is 29.3 Å². The molecule has 0 aromatic carbocycles. The fourth-order valence-electron chi connectivity index (χ4n) is 12.5. The van der Waals surface area contributed by atoms with Crippen molar-refractivity contribution in [3.63, 3.8) is 0 Å². The van der Waals surface area contributed by atoms with Crippen molar-refractivity contribution in [1.29, 1.82) is 0 Å². The number of rotatable bonds is 7. The van der Waals surface area contributed by atoms with Gasteiger partial charge >= 0.3 is 11.9 Å². The highest BCUT2D eigenvalue weighted by molar-refractivity contribution is 5.92. The molecule has 3 spiro atoms. The number of carbonyl (C=O) groups excluding carboxylic acids is 3. The summed E-state index contributed by atoms with van der Waals surface area (Å²) in [6.45, 7) is 10.2. The van der Waals surface area contributed by atoms with Crippen molar-refractivity contribution in [2.75, 3.05) is 6.61 Å². The van der Waals surface area contributed by atoms with Crippen molar-refractivity contribution in [3.8, 4) is 0 Å². The van der Waals surface area contributed by atoms with Gasteiger partial charge in [0.15, 0.2) is 11.9 Å². The summed E-state index contributed by atoms with van der Waals surface area (Å²) in [4.78, 5) is 42.2. The van der Waals surface area contributed by atoms with E-state index in [1.807, 2.05) is 26.8 Å². The van der Waals surface area contributed by atoms with E-state index in [2.05, 4.69) is 13.8 Å². The van der Waals surface area contributed by atoms with E-state index in [-0.39, 0.29) is 24.3 Å². The van der Waals surface area contributed by atoms with Gasteiger partial charge in [0.25, 0.3) is 0 Å². The van der Waals surface area contributed by atoms with E-state index in [0.717, 1.165) is 43.4 Å². The SMILES string of the molecule is CCCCCCCc1occc1[C@@H]1OC(=O)[C@H]2O[C@]23[C@]2(C)[C@H](O)C(=O)[C@@H]4C(C)(C)O[C@H]5C6(CCCC6)C(=O)OC[C@@]45[C@H]2CC[C@@]13C. The molecule has 46 heavy (non-hydrogen) atoms. The maximum Gasteiger partial charge on any atom is 0.339 e. The Kier molecular flexibility index (Phi) is 6.69. The number of unbranched alkanes of at least 4 members (excludes halogenated alkanes) is 4. The number of esters is 2. The lowest BCUT2D eigenvalue weighted by Crippen LogP contribution is -2.77. The second-order valence-corrected chi connectivity index (χ2v) is 16.7. The zero-order valence-corrected chi connectivity index (χ0v) is 28.0. The first-order valence-corrected chi connectivity index (χ1v) is 17.9. The van der Waals surface area contributed by atoms with E-state index in [1.165, 1.54) is 19.3 Å². The van der Waals surface area contributed by atoms with Crippen molar-refractivity contribution >= 4 is 17.7 Å². The van der Waals surface area contributed by atoms with Gasteiger partial charge in [0.1, 0.15) is 30.2 Å². The van der Waals surface area contributed by atoms with Crippen LogP contribution in [0, 0.1) is 33.5 Å². The summed E-state index contributed by atoms with van der Waals surface area (Å²) in [6.07, 6.45) is 9.08. The van der Waals surface area contributed by atoms with Crippen molar-refractivity contribution in [1.82, 2.24) is 0 Å². The lowest BCUT2D eigenvalue weighted by atomic mass is 9.35. The van der Waals surface area contributed by atoms with Crippen LogP contribution in [0.15, 0.2) is 16.7 Å². The first-order chi connectivity index (χ1) is 21.9. The summed E-state index contributed by atoms with van der Waals surface area (Å²) in [7, 11) is 0. The zero-order valence-electron chi connectivity index (χ0n) is 28.0. The normalized spacial score (nSPS) is 46.1. The highest BCUT2D eigenvalue weighted by Crippen LogP contribution is 2.81. The Labute approximate surface area is 271 Å². The van der Waals surface area contributed by atoms with Crippen LogP contribution in [-0.4, -0.2) is 58.9 Å². The molecule has 8 rings (SSSR count). The third kappa shape index (κ3) is 3.45. The van der Waals surface area contributed by atoms with Crippen molar-refractivity contribution in [3.05, 3.63) is 23.7 Å². The summed E-state index contributed by atoms with van der Waals surface area (Å²) >= 11 is 0. The Hall–Kier alpha value is -2.23. The van der Waals surface area contributed by atoms with Gasteiger partial charge in [-0.1, -0.05) is 59.3 Å². The summed E-state index contributed by atoms with van der Waals surface area (Å²) in [6, 6.07) is 1.92. The number of aliphatic hydroxyl groups is 1. The Bertz CT molecular complexity index is 1460. The molecule has 252 valence electrons. The number of furan rings is 1. The summed E-state index contributed by atoms with van der Waals surface area (Å²) in [5, 5.41) is 12.3. The number of aliphatic hydroxyl groups excluding tert-OH is 1. The van der Waals surface area contributed by atoms with Crippen LogP contribution in [-0.2, 0) is 39.8 Å². The first kappa shape index (κ1) is 31.1. The minimum absolute atomic E-state index is 0.0698. The van der Waals surface area contributed by atoms with E-state index >= 15 is 0 Å². The topological polar surface area (TPSA) is 125 Å². The molecule has 3 saturated carbocycles. The van der Waals surface area contributed by atoms with Gasteiger partial charge in [0, 0.05) is 28.2 Å². The fraction of sp³-hybridized carbons (Fsp3) is 0.811. The number of cyclic esters (lactones) is 2. The van der Waals surface area contributed by atoms with Gasteiger partial charge in [-0.3, -0.25) is 9.59 Å². The third-order valence-electron chi connectivity index (χ3n) is 14.3. The molecule has 1 aromatic heterocycles. The molecule has 10 atom stereocenters. The van der Waals surface area contributed by atoms with Crippen LogP contribution >= 0.6 is 0 Å². The van der Waals surface area contributed by atoms with Gasteiger partial charge in [-0.25, -0.2) is 4.79 Å². The van der Waals surface area contributed by atoms with E-state index in [9.17, 15) is 19.5 Å². The molecule has 7 aliphatic rings. The van der Waals surface area contributed by atoms with Gasteiger partial charge in [0.2, 0.25) is 0 Å². The predicted octanol–water partition coefficient (Wildman–Crippen LogP) is 5.79. The minimum atomic E-state index is -1.38. The van der Waals surface area contributed by atoms with E-state index in [4.69, 9.17) is 23.4 Å². The van der Waals surface area contributed by atoms with Gasteiger partial charge in [-0.05, 0) is 57.9 Å². The smallest absolute Gasteiger partial charge is 0.339 e. The largest absolute Gasteiger partial charge is 0.469 e. The molecule has 0 radical (unpaired) electrons. The van der Waals surface area contributed by atoms with Gasteiger partial charge < -0.3 is 28.5 Å². The summed E-state index contributed by atoms with van der Waals surface area (Å²) in [5.74, 6) is -1.09. The molecule has 9 heteroatoms. The highest BCUT2D eigenvalue weighted by atomic mass is 16.7. The molecule has 3 aliphatic carbocycles. The Morgan fingerprint density at radius 2 is 1.67 bits per heavy atom. The number of carbonyl (C=O) groups is 3. The van der Waals surface area contributed by atoms with E-state index in [0.29, 0.717) is 25.7 Å². The molecular weight excluding hydrogens is 588 g/mol. The van der Waals surface area contributed by atoms with E-state index in [1.54, 1.807) is 6.26 Å². The van der Waals surface area contributed by atoms with Crippen LogP contribution < -0.4 is 0 Å². The van der Waals surface area contributed by atoms with Gasteiger partial charge in [-0.2, -0.15) is 0 Å². The molecule has 5 heterocycles. The lowest BCUT2D eigenvalue weighted by molar-refractivity contribution is -0.264. The van der Waals surface area contributed by atoms with E-state index < -0.39 is 69.2 Å². The maximum atomic E-state index is 14.7. The van der Waals surface area contributed by atoms with Crippen molar-refractivity contribution in [2.45, 2.75) is 147 Å². The highest BCUT2D eigenvalue weighted by Gasteiger charge is 2.91. The molecule has 4 saturated heterocycles. The van der Waals surface area contributed by atoms with Crippen LogP contribution in [0.25, 0.3) is 0 Å². The monoisotopic (exact) mass is 638 g/mol. The molecule has 4 aliphatic heterocycles. The lowest BCUT2D eigenvalue weighted by Gasteiger charge is -2.67. The van der Waals surface area contributed by atoms with Crippen molar-refractivity contribution in [2.24, 2.45) is 33.5 Å². The minimum Gasteiger partial charge on any atom is -0.469 e. The summed E-state index contributed by atoms with van der Waals surface area (Å²) < 4.78 is 32.0. The Balaban J connectivity index is 1.23. The maximum absolute atomic E-state index is 14.7. The van der Waals surface area contributed by atoms with Crippen LogP contribution in [0.1, 0.15) is 123 Å². The predicted molar refractivity (Wildman–Crippen MR) is 164 cm³/mol. The fourth-order valence-corrected chi connectivity index (χ4v) is 12.5. The number of Topliss-reactive ketones (excluding diaryl/α,β-unsaturated/α-hetero) is 1. The quantitative estimate of drug-likeness (QED) is 0.224. The van der Waals surface area contributed by atoms with Crippen molar-refractivity contribution < 1.29 is 42.9 Å². The first-order valence-electron chi connectivity index (χ1n) is 17.9. The number of ether oxygens (including phenoxy) is 4. The zero-order chi connectivity index (χ0) is 32.5. The third-order valence-corrected chi connectivity index (χ3v) is 14.3. The molecule has 0 amide bonds. The number of hydrogen-bond donors (Lipinski definition) is 1. The summed E-state index contributed by atoms with van der Waals surface area (Å²) in [5.41, 5.74) is -4.71. The molecule has 1 N–H and O–H groups in total. The molecule has 0 bridgehead atoms.